The number of H-pyrrole nitrogens is 1. The average molecular weight is 298 g/mol. The number of rotatable bonds is 3. The van der Waals surface area contributed by atoms with Crippen molar-refractivity contribution in [1.82, 2.24) is 19.6 Å². The van der Waals surface area contributed by atoms with Crippen LogP contribution >= 0.6 is 11.6 Å². The second-order valence-corrected chi connectivity index (χ2v) is 5.33. The first-order valence-corrected chi connectivity index (χ1v) is 7.04. The van der Waals surface area contributed by atoms with E-state index in [9.17, 15) is 4.79 Å². The summed E-state index contributed by atoms with van der Waals surface area (Å²) in [4.78, 5) is 16.0. The first-order valence-electron chi connectivity index (χ1n) is 6.50. The van der Waals surface area contributed by atoms with Crippen LogP contribution in [-0.4, -0.2) is 44.2 Å². The summed E-state index contributed by atoms with van der Waals surface area (Å²) in [5.74, 6) is 1.74. The molecule has 2 aromatic rings. The highest BCUT2D eigenvalue weighted by atomic mass is 35.5. The second kappa shape index (κ2) is 5.06. The number of aromatic amines is 1. The zero-order valence-corrected chi connectivity index (χ0v) is 11.9. The Morgan fingerprint density at radius 3 is 3.00 bits per heavy atom. The number of fused-ring (bicyclic) bond motifs is 1. The Hall–Kier alpha value is -1.60. The van der Waals surface area contributed by atoms with E-state index in [1.54, 1.807) is 13.0 Å². The maximum Gasteiger partial charge on any atom is 0.349 e. The van der Waals surface area contributed by atoms with Gasteiger partial charge in [0, 0.05) is 25.2 Å². The molecule has 1 fully saturated rings. The van der Waals surface area contributed by atoms with Crippen LogP contribution in [0.1, 0.15) is 18.7 Å². The van der Waals surface area contributed by atoms with Gasteiger partial charge in [0.05, 0.1) is 5.54 Å². The van der Waals surface area contributed by atoms with Crippen molar-refractivity contribution in [2.24, 2.45) is 0 Å². The molecule has 0 spiro atoms. The highest BCUT2D eigenvalue weighted by Gasteiger charge is 2.32. The van der Waals surface area contributed by atoms with Gasteiger partial charge in [-0.2, -0.15) is 5.10 Å². The topological polar surface area (TPSA) is 84.3 Å². The lowest BCUT2D eigenvalue weighted by Crippen LogP contribution is -2.45. The quantitative estimate of drug-likeness (QED) is 0.823. The minimum absolute atomic E-state index is 0.214. The first kappa shape index (κ1) is 13.4. The number of aryl methyl sites for hydroxylation is 1. The van der Waals surface area contributed by atoms with Crippen LogP contribution in [0.4, 0.5) is 5.82 Å². The number of hydrogen-bond acceptors (Lipinski definition) is 5. The second-order valence-electron chi connectivity index (χ2n) is 5.06. The van der Waals surface area contributed by atoms with Gasteiger partial charge in [0.25, 0.3) is 0 Å². The van der Waals surface area contributed by atoms with Crippen molar-refractivity contribution in [3.8, 4) is 0 Å². The Labute approximate surface area is 120 Å². The van der Waals surface area contributed by atoms with E-state index in [1.807, 2.05) is 0 Å². The smallest absolute Gasteiger partial charge is 0.349 e. The molecule has 1 aliphatic heterocycles. The molecule has 2 N–H and O–H groups in total. The van der Waals surface area contributed by atoms with Gasteiger partial charge in [-0.15, -0.1) is 11.6 Å². The fourth-order valence-electron chi connectivity index (χ4n) is 2.49. The minimum Gasteiger partial charge on any atom is -0.381 e. The van der Waals surface area contributed by atoms with Gasteiger partial charge in [0.2, 0.25) is 0 Å². The van der Waals surface area contributed by atoms with Gasteiger partial charge in [-0.05, 0) is 19.8 Å². The van der Waals surface area contributed by atoms with Crippen LogP contribution in [0.15, 0.2) is 10.9 Å². The van der Waals surface area contributed by atoms with Crippen molar-refractivity contribution in [1.29, 1.82) is 0 Å². The molecule has 0 saturated carbocycles. The van der Waals surface area contributed by atoms with E-state index < -0.39 is 0 Å². The van der Waals surface area contributed by atoms with Gasteiger partial charge in [-0.3, -0.25) is 0 Å². The lowest BCUT2D eigenvalue weighted by molar-refractivity contribution is 0.0666. The summed E-state index contributed by atoms with van der Waals surface area (Å²) in [6.45, 7) is 3.14. The molecular weight excluding hydrogens is 282 g/mol. The van der Waals surface area contributed by atoms with Gasteiger partial charge in [-0.25, -0.2) is 19.3 Å². The van der Waals surface area contributed by atoms with E-state index in [2.05, 4.69) is 20.5 Å². The summed E-state index contributed by atoms with van der Waals surface area (Å²) >= 11 is 6.13. The summed E-state index contributed by atoms with van der Waals surface area (Å²) < 4.78 is 6.81. The molecule has 1 saturated heterocycles. The molecule has 0 radical (unpaired) electrons. The zero-order valence-electron chi connectivity index (χ0n) is 11.1. The summed E-state index contributed by atoms with van der Waals surface area (Å²) in [5, 5.41) is 9.78. The number of hydrogen-bond donors (Lipinski definition) is 2. The van der Waals surface area contributed by atoms with Gasteiger partial charge >= 0.3 is 5.69 Å². The molecule has 20 heavy (non-hydrogen) atoms. The summed E-state index contributed by atoms with van der Waals surface area (Å²) in [6, 6.07) is 1.74. The summed E-state index contributed by atoms with van der Waals surface area (Å²) in [6.07, 6.45) is 1.66. The van der Waals surface area contributed by atoms with E-state index >= 15 is 0 Å². The Morgan fingerprint density at radius 1 is 1.55 bits per heavy atom. The predicted molar refractivity (Wildman–Crippen MR) is 75.5 cm³/mol. The van der Waals surface area contributed by atoms with Gasteiger partial charge in [0.1, 0.15) is 11.6 Å². The Bertz CT molecular complexity index is 674. The molecule has 2 aromatic heterocycles. The van der Waals surface area contributed by atoms with Crippen molar-refractivity contribution < 1.29 is 4.74 Å². The number of nitrogens with zero attached hydrogens (tertiary/aromatic N) is 3. The largest absolute Gasteiger partial charge is 0.381 e. The SMILES string of the molecule is Cc1nc(NC2(CCl)CCOCC2)cc2n[nH]c(=O)n12. The number of anilines is 1. The summed E-state index contributed by atoms with van der Waals surface area (Å²) in [5.41, 5.74) is 0.0465. The highest BCUT2D eigenvalue weighted by molar-refractivity contribution is 6.18. The van der Waals surface area contributed by atoms with Crippen molar-refractivity contribution in [3.05, 3.63) is 22.4 Å². The molecule has 0 bridgehead atoms. The van der Waals surface area contributed by atoms with Gasteiger partial charge in [-0.1, -0.05) is 0 Å². The minimum atomic E-state index is -0.283. The average Bonchev–Trinajstić information content (AvgIpc) is 2.82. The monoisotopic (exact) mass is 297 g/mol. The maximum absolute atomic E-state index is 11.6. The van der Waals surface area contributed by atoms with E-state index in [0.717, 1.165) is 12.8 Å². The molecule has 0 atom stereocenters. The molecule has 3 heterocycles. The first-order chi connectivity index (χ1) is 9.63. The number of nitrogens with one attached hydrogen (secondary N) is 2. The van der Waals surface area contributed by atoms with E-state index in [-0.39, 0.29) is 11.2 Å². The summed E-state index contributed by atoms with van der Waals surface area (Å²) in [7, 11) is 0. The van der Waals surface area contributed by atoms with Crippen LogP contribution in [0.25, 0.3) is 5.65 Å². The van der Waals surface area contributed by atoms with Crippen molar-refractivity contribution in [2.75, 3.05) is 24.4 Å². The molecule has 0 unspecified atom stereocenters. The highest BCUT2D eigenvalue weighted by Crippen LogP contribution is 2.26. The van der Waals surface area contributed by atoms with E-state index in [4.69, 9.17) is 16.3 Å². The predicted octanol–water partition coefficient (Wildman–Crippen LogP) is 0.926. The normalized spacial score (nSPS) is 18.3. The zero-order chi connectivity index (χ0) is 14.2. The van der Waals surface area contributed by atoms with Crippen molar-refractivity contribution in [2.45, 2.75) is 25.3 Å². The third-order valence-electron chi connectivity index (χ3n) is 3.67. The standard InChI is InChI=1S/C12H16ClN5O2/c1-8-14-9(6-10-16-17-11(19)18(8)10)15-12(7-13)2-4-20-5-3-12/h6,15H,2-5,7H2,1H3,(H,17,19). The molecule has 1 aliphatic rings. The molecule has 7 nitrogen and oxygen atoms in total. The fraction of sp³-hybridized carbons (Fsp3) is 0.583. The van der Waals surface area contributed by atoms with Crippen LogP contribution < -0.4 is 11.0 Å². The van der Waals surface area contributed by atoms with Crippen LogP contribution in [0.5, 0.6) is 0 Å². The van der Waals surface area contributed by atoms with Crippen molar-refractivity contribution in [3.63, 3.8) is 0 Å². The number of ether oxygens (including phenoxy) is 1. The molecule has 0 amide bonds. The van der Waals surface area contributed by atoms with E-state index in [0.29, 0.717) is 36.4 Å². The molecule has 3 rings (SSSR count). The molecule has 8 heteroatoms. The van der Waals surface area contributed by atoms with Crippen molar-refractivity contribution >= 4 is 23.1 Å². The molecule has 0 aromatic carbocycles. The Kier molecular flexibility index (Phi) is 3.39. The lowest BCUT2D eigenvalue weighted by atomic mass is 9.92. The van der Waals surface area contributed by atoms with Crippen LogP contribution in [-0.2, 0) is 4.74 Å². The Balaban J connectivity index is 1.96. The van der Waals surface area contributed by atoms with Crippen LogP contribution in [0.3, 0.4) is 0 Å². The third-order valence-corrected chi connectivity index (χ3v) is 4.18. The van der Waals surface area contributed by atoms with Crippen LogP contribution in [0, 0.1) is 6.92 Å². The van der Waals surface area contributed by atoms with Gasteiger partial charge < -0.3 is 10.1 Å². The molecular formula is C12H16ClN5O2. The van der Waals surface area contributed by atoms with Gasteiger partial charge in [0.15, 0.2) is 5.65 Å². The number of halogens is 1. The number of alkyl halides is 1. The number of aromatic nitrogens is 4. The molecule has 108 valence electrons. The fourth-order valence-corrected chi connectivity index (χ4v) is 2.82. The molecule has 0 aliphatic carbocycles. The van der Waals surface area contributed by atoms with E-state index in [1.165, 1.54) is 4.40 Å². The van der Waals surface area contributed by atoms with Crippen LogP contribution in [0.2, 0.25) is 0 Å². The third kappa shape index (κ3) is 2.27. The Morgan fingerprint density at radius 2 is 2.30 bits per heavy atom. The maximum atomic E-state index is 11.6. The lowest BCUT2D eigenvalue weighted by Gasteiger charge is -2.36.